The smallest absolute Gasteiger partial charge is 0.196 e. The lowest BCUT2D eigenvalue weighted by molar-refractivity contribution is 0.100. The van der Waals surface area contributed by atoms with Crippen molar-refractivity contribution in [1.82, 2.24) is 9.97 Å². The number of carbonyl (C=O) groups excluding carboxylic acids is 1. The molecule has 0 saturated carbocycles. The first-order valence-electron chi connectivity index (χ1n) is 4.87. The maximum Gasteiger partial charge on any atom is 0.196 e. The minimum absolute atomic E-state index is 0.172. The summed E-state index contributed by atoms with van der Waals surface area (Å²) in [7, 11) is 0. The van der Waals surface area contributed by atoms with Crippen LogP contribution in [0.2, 0.25) is 10.0 Å². The summed E-state index contributed by atoms with van der Waals surface area (Å²) >= 11 is 12.0. The van der Waals surface area contributed by atoms with Crippen LogP contribution in [0.15, 0.2) is 30.6 Å². The third-order valence-electron chi connectivity index (χ3n) is 2.23. The standard InChI is InChI=1S/C12H8Cl2N2O/c1-7(17)12-15-5-8(6-16-12)9-3-2-4-10(13)11(9)14/h2-6H,1H3. The van der Waals surface area contributed by atoms with Crippen molar-refractivity contribution in [2.45, 2.75) is 6.92 Å². The lowest BCUT2D eigenvalue weighted by Gasteiger charge is -2.05. The first-order chi connectivity index (χ1) is 8.09. The van der Waals surface area contributed by atoms with Crippen molar-refractivity contribution >= 4 is 29.0 Å². The molecule has 1 aromatic heterocycles. The lowest BCUT2D eigenvalue weighted by Crippen LogP contribution is -2.00. The zero-order valence-corrected chi connectivity index (χ0v) is 10.5. The molecule has 3 nitrogen and oxygen atoms in total. The van der Waals surface area contributed by atoms with Crippen LogP contribution < -0.4 is 0 Å². The van der Waals surface area contributed by atoms with Crippen molar-refractivity contribution < 1.29 is 4.79 Å². The van der Waals surface area contributed by atoms with Crippen LogP contribution in [0, 0.1) is 0 Å². The van der Waals surface area contributed by atoms with Gasteiger partial charge in [-0.2, -0.15) is 0 Å². The van der Waals surface area contributed by atoms with Crippen LogP contribution in [0.1, 0.15) is 17.5 Å². The number of carbonyl (C=O) groups is 1. The Morgan fingerprint density at radius 2 is 1.82 bits per heavy atom. The Balaban J connectivity index is 2.47. The van der Waals surface area contributed by atoms with Crippen LogP contribution >= 0.6 is 23.2 Å². The van der Waals surface area contributed by atoms with Crippen molar-refractivity contribution in [3.8, 4) is 11.1 Å². The van der Waals surface area contributed by atoms with Gasteiger partial charge in [-0.25, -0.2) is 9.97 Å². The highest BCUT2D eigenvalue weighted by Crippen LogP contribution is 2.32. The molecule has 0 radical (unpaired) electrons. The Kier molecular flexibility index (Phi) is 3.41. The lowest BCUT2D eigenvalue weighted by atomic mass is 10.1. The Labute approximate surface area is 108 Å². The van der Waals surface area contributed by atoms with E-state index in [0.29, 0.717) is 10.0 Å². The molecule has 17 heavy (non-hydrogen) atoms. The minimum Gasteiger partial charge on any atom is -0.291 e. The third-order valence-corrected chi connectivity index (χ3v) is 3.05. The highest BCUT2D eigenvalue weighted by atomic mass is 35.5. The van der Waals surface area contributed by atoms with Crippen molar-refractivity contribution in [2.75, 3.05) is 0 Å². The Hall–Kier alpha value is -1.45. The van der Waals surface area contributed by atoms with E-state index in [1.807, 2.05) is 6.07 Å². The van der Waals surface area contributed by atoms with Gasteiger partial charge in [0.25, 0.3) is 0 Å². The van der Waals surface area contributed by atoms with Crippen molar-refractivity contribution in [2.24, 2.45) is 0 Å². The number of benzene rings is 1. The number of halogens is 2. The summed E-state index contributed by atoms with van der Waals surface area (Å²) in [6, 6.07) is 5.32. The van der Waals surface area contributed by atoms with Crippen LogP contribution in [0.4, 0.5) is 0 Å². The summed E-state index contributed by atoms with van der Waals surface area (Å²) in [5.41, 5.74) is 1.47. The van der Waals surface area contributed by atoms with Gasteiger partial charge in [0, 0.05) is 30.4 Å². The van der Waals surface area contributed by atoms with E-state index in [-0.39, 0.29) is 11.6 Å². The van der Waals surface area contributed by atoms with Gasteiger partial charge in [-0.3, -0.25) is 4.79 Å². The summed E-state index contributed by atoms with van der Waals surface area (Å²) in [6.07, 6.45) is 3.11. The molecule has 86 valence electrons. The van der Waals surface area contributed by atoms with Crippen molar-refractivity contribution in [1.29, 1.82) is 0 Å². The Morgan fingerprint density at radius 3 is 2.41 bits per heavy atom. The number of ketones is 1. The molecule has 1 aromatic carbocycles. The van der Waals surface area contributed by atoms with E-state index < -0.39 is 0 Å². The van der Waals surface area contributed by atoms with Gasteiger partial charge in [-0.05, 0) is 6.07 Å². The average Bonchev–Trinajstić information content (AvgIpc) is 2.33. The van der Waals surface area contributed by atoms with Gasteiger partial charge in [0.15, 0.2) is 11.6 Å². The molecule has 0 aliphatic rings. The zero-order chi connectivity index (χ0) is 12.4. The second kappa shape index (κ2) is 4.82. The zero-order valence-electron chi connectivity index (χ0n) is 8.95. The molecule has 0 bridgehead atoms. The van der Waals surface area contributed by atoms with Crippen molar-refractivity contribution in [3.05, 3.63) is 46.5 Å². The Bertz CT molecular complexity index is 567. The minimum atomic E-state index is -0.172. The van der Waals surface area contributed by atoms with Gasteiger partial charge >= 0.3 is 0 Å². The van der Waals surface area contributed by atoms with E-state index in [9.17, 15) is 4.79 Å². The average molecular weight is 267 g/mol. The van der Waals surface area contributed by atoms with E-state index in [0.717, 1.165) is 11.1 Å². The normalized spacial score (nSPS) is 10.3. The van der Waals surface area contributed by atoms with Crippen LogP contribution in [-0.4, -0.2) is 15.8 Å². The molecule has 1 heterocycles. The number of hydrogen-bond donors (Lipinski definition) is 0. The summed E-state index contributed by atoms with van der Waals surface area (Å²) in [4.78, 5) is 19.0. The third kappa shape index (κ3) is 2.46. The molecule has 0 fully saturated rings. The second-order valence-corrected chi connectivity index (χ2v) is 4.24. The fraction of sp³-hybridized carbons (Fsp3) is 0.0833. The maximum absolute atomic E-state index is 11.0. The quantitative estimate of drug-likeness (QED) is 0.780. The molecular formula is C12H8Cl2N2O. The van der Waals surface area contributed by atoms with E-state index in [1.54, 1.807) is 24.5 Å². The number of rotatable bonds is 2. The fourth-order valence-electron chi connectivity index (χ4n) is 1.38. The molecule has 2 aromatic rings. The molecule has 0 N–H and O–H groups in total. The topological polar surface area (TPSA) is 42.9 Å². The molecule has 0 unspecified atom stereocenters. The number of Topliss-reactive ketones (excluding diaryl/α,β-unsaturated/α-hetero) is 1. The van der Waals surface area contributed by atoms with Gasteiger partial charge in [-0.1, -0.05) is 35.3 Å². The predicted molar refractivity (Wildman–Crippen MR) is 67.5 cm³/mol. The summed E-state index contributed by atoms with van der Waals surface area (Å²) < 4.78 is 0. The number of hydrogen-bond acceptors (Lipinski definition) is 3. The highest BCUT2D eigenvalue weighted by Gasteiger charge is 2.08. The summed E-state index contributed by atoms with van der Waals surface area (Å²) in [6.45, 7) is 1.42. The number of nitrogens with zero attached hydrogens (tertiary/aromatic N) is 2. The van der Waals surface area contributed by atoms with Gasteiger partial charge < -0.3 is 0 Å². The van der Waals surface area contributed by atoms with Gasteiger partial charge in [-0.15, -0.1) is 0 Å². The molecule has 0 aliphatic heterocycles. The van der Waals surface area contributed by atoms with E-state index in [4.69, 9.17) is 23.2 Å². The molecule has 2 rings (SSSR count). The van der Waals surface area contributed by atoms with Gasteiger partial charge in [0.05, 0.1) is 10.0 Å². The summed E-state index contributed by atoms with van der Waals surface area (Å²) in [5, 5.41) is 0.924. The second-order valence-electron chi connectivity index (χ2n) is 3.45. The Morgan fingerprint density at radius 1 is 1.18 bits per heavy atom. The predicted octanol–water partition coefficient (Wildman–Crippen LogP) is 3.65. The maximum atomic E-state index is 11.0. The van der Waals surface area contributed by atoms with E-state index in [1.165, 1.54) is 6.92 Å². The molecule has 0 amide bonds. The van der Waals surface area contributed by atoms with E-state index in [2.05, 4.69) is 9.97 Å². The van der Waals surface area contributed by atoms with Crippen LogP contribution in [0.5, 0.6) is 0 Å². The largest absolute Gasteiger partial charge is 0.291 e. The van der Waals surface area contributed by atoms with Crippen LogP contribution in [0.3, 0.4) is 0 Å². The van der Waals surface area contributed by atoms with Gasteiger partial charge in [0.1, 0.15) is 0 Å². The SMILES string of the molecule is CC(=O)c1ncc(-c2cccc(Cl)c2Cl)cn1. The molecule has 0 saturated heterocycles. The van der Waals surface area contributed by atoms with Crippen LogP contribution in [0.25, 0.3) is 11.1 Å². The fourth-order valence-corrected chi connectivity index (χ4v) is 1.79. The van der Waals surface area contributed by atoms with Crippen molar-refractivity contribution in [3.63, 3.8) is 0 Å². The van der Waals surface area contributed by atoms with E-state index >= 15 is 0 Å². The molecule has 5 heteroatoms. The first kappa shape index (κ1) is 12.0. The first-order valence-corrected chi connectivity index (χ1v) is 5.62. The monoisotopic (exact) mass is 266 g/mol. The molecule has 0 aliphatic carbocycles. The summed E-state index contributed by atoms with van der Waals surface area (Å²) in [5.74, 6) is 0.0145. The van der Waals surface area contributed by atoms with Gasteiger partial charge in [0.2, 0.25) is 0 Å². The molecule has 0 atom stereocenters. The number of aromatic nitrogens is 2. The molecular weight excluding hydrogens is 259 g/mol. The molecule has 0 spiro atoms. The van der Waals surface area contributed by atoms with Crippen LogP contribution in [-0.2, 0) is 0 Å². The highest BCUT2D eigenvalue weighted by molar-refractivity contribution is 6.43.